The van der Waals surface area contributed by atoms with E-state index in [4.69, 9.17) is 14.5 Å². The fourth-order valence-corrected chi connectivity index (χ4v) is 3.33. The molecule has 164 valence electrons. The van der Waals surface area contributed by atoms with Gasteiger partial charge in [0, 0.05) is 25.5 Å². The van der Waals surface area contributed by atoms with E-state index in [0.29, 0.717) is 6.54 Å². The third kappa shape index (κ3) is 6.50. The van der Waals surface area contributed by atoms with Crippen molar-refractivity contribution in [3.8, 4) is 11.5 Å². The molecule has 0 bridgehead atoms. The third-order valence-corrected chi connectivity index (χ3v) is 4.94. The van der Waals surface area contributed by atoms with E-state index in [1.54, 1.807) is 20.4 Å². The molecule has 31 heavy (non-hydrogen) atoms. The molecule has 1 aromatic heterocycles. The molecule has 7 nitrogen and oxygen atoms in total. The third-order valence-electron chi connectivity index (χ3n) is 4.94. The molecule has 0 atom stereocenters. The Hall–Kier alpha value is -3.48. The van der Waals surface area contributed by atoms with Gasteiger partial charge in [0.2, 0.25) is 0 Å². The number of aromatic nitrogens is 2. The monoisotopic (exact) mass is 421 g/mol. The van der Waals surface area contributed by atoms with Crippen molar-refractivity contribution < 1.29 is 9.47 Å². The van der Waals surface area contributed by atoms with Crippen LogP contribution in [0, 0.1) is 0 Å². The van der Waals surface area contributed by atoms with Crippen molar-refractivity contribution in [3.63, 3.8) is 0 Å². The summed E-state index contributed by atoms with van der Waals surface area (Å²) < 4.78 is 12.7. The van der Waals surface area contributed by atoms with Crippen molar-refractivity contribution in [2.75, 3.05) is 27.3 Å². The molecule has 2 aromatic carbocycles. The smallest absolute Gasteiger partial charge is 0.191 e. The topological polar surface area (TPSA) is 72.7 Å². The molecular formula is C24H31N5O2. The Morgan fingerprint density at radius 2 is 1.84 bits per heavy atom. The molecule has 7 heteroatoms. The first kappa shape index (κ1) is 22.2. The number of hydrogen-bond acceptors (Lipinski definition) is 4. The second kappa shape index (κ2) is 11.6. The summed E-state index contributed by atoms with van der Waals surface area (Å²) in [6.45, 7) is 4.91. The van der Waals surface area contributed by atoms with E-state index in [1.807, 2.05) is 41.2 Å². The molecule has 0 aliphatic carbocycles. The Balaban J connectivity index is 1.64. The minimum atomic E-state index is 0.593. The van der Waals surface area contributed by atoms with E-state index in [9.17, 15) is 0 Å². The van der Waals surface area contributed by atoms with E-state index in [2.05, 4.69) is 40.9 Å². The average Bonchev–Trinajstić information content (AvgIpc) is 3.31. The van der Waals surface area contributed by atoms with Crippen molar-refractivity contribution in [1.29, 1.82) is 0 Å². The van der Waals surface area contributed by atoms with Crippen molar-refractivity contribution in [2.24, 2.45) is 4.99 Å². The average molecular weight is 422 g/mol. The van der Waals surface area contributed by atoms with Gasteiger partial charge < -0.3 is 20.1 Å². The van der Waals surface area contributed by atoms with E-state index in [1.165, 1.54) is 11.1 Å². The van der Waals surface area contributed by atoms with E-state index < -0.39 is 0 Å². The Morgan fingerprint density at radius 1 is 1.00 bits per heavy atom. The molecule has 2 N–H and O–H groups in total. The van der Waals surface area contributed by atoms with Crippen LogP contribution < -0.4 is 20.1 Å². The van der Waals surface area contributed by atoms with Crippen LogP contribution in [0.25, 0.3) is 0 Å². The number of hydrogen-bond donors (Lipinski definition) is 2. The SMILES string of the molecule is CCNC(=NCc1ccccc1Cn1cccn1)NCCc1cc(OC)ccc1OC. The molecule has 0 unspecified atom stereocenters. The minimum Gasteiger partial charge on any atom is -0.497 e. The van der Waals surface area contributed by atoms with Crippen molar-refractivity contribution in [1.82, 2.24) is 20.4 Å². The largest absolute Gasteiger partial charge is 0.497 e. The van der Waals surface area contributed by atoms with Crippen molar-refractivity contribution >= 4 is 5.96 Å². The van der Waals surface area contributed by atoms with Gasteiger partial charge in [0.15, 0.2) is 5.96 Å². The molecular weight excluding hydrogens is 390 g/mol. The summed E-state index contributed by atoms with van der Waals surface area (Å²) in [5, 5.41) is 11.0. The van der Waals surface area contributed by atoms with Gasteiger partial charge in [-0.15, -0.1) is 0 Å². The molecule has 0 fully saturated rings. The fraction of sp³-hybridized carbons (Fsp3) is 0.333. The van der Waals surface area contributed by atoms with Crippen LogP contribution in [0.3, 0.4) is 0 Å². The normalized spacial score (nSPS) is 11.3. The lowest BCUT2D eigenvalue weighted by atomic mass is 10.1. The van der Waals surface area contributed by atoms with E-state index in [-0.39, 0.29) is 0 Å². The van der Waals surface area contributed by atoms with Crippen molar-refractivity contribution in [3.05, 3.63) is 77.6 Å². The molecule has 0 aliphatic heterocycles. The zero-order valence-corrected chi connectivity index (χ0v) is 18.5. The Labute approximate surface area is 184 Å². The number of benzene rings is 2. The highest BCUT2D eigenvalue weighted by atomic mass is 16.5. The summed E-state index contributed by atoms with van der Waals surface area (Å²) in [5.74, 6) is 2.47. The summed E-state index contributed by atoms with van der Waals surface area (Å²) in [6.07, 6.45) is 4.56. The van der Waals surface area contributed by atoms with Crippen LogP contribution in [-0.4, -0.2) is 43.0 Å². The van der Waals surface area contributed by atoms with Gasteiger partial charge >= 0.3 is 0 Å². The first-order valence-electron chi connectivity index (χ1n) is 10.5. The first-order chi connectivity index (χ1) is 15.2. The lowest BCUT2D eigenvalue weighted by molar-refractivity contribution is 0.398. The minimum absolute atomic E-state index is 0.593. The molecule has 0 aliphatic rings. The van der Waals surface area contributed by atoms with Crippen LogP contribution in [0.2, 0.25) is 0 Å². The Bertz CT molecular complexity index is 970. The fourth-order valence-electron chi connectivity index (χ4n) is 3.33. The predicted molar refractivity (Wildman–Crippen MR) is 124 cm³/mol. The van der Waals surface area contributed by atoms with Crippen LogP contribution in [-0.2, 0) is 19.5 Å². The van der Waals surface area contributed by atoms with Gasteiger partial charge in [0.05, 0.1) is 27.3 Å². The number of methoxy groups -OCH3 is 2. The van der Waals surface area contributed by atoms with Gasteiger partial charge in [0.1, 0.15) is 11.5 Å². The van der Waals surface area contributed by atoms with Gasteiger partial charge in [-0.25, -0.2) is 4.99 Å². The highest BCUT2D eigenvalue weighted by molar-refractivity contribution is 5.79. The molecule has 0 spiro atoms. The molecule has 0 saturated heterocycles. The van der Waals surface area contributed by atoms with Gasteiger partial charge in [-0.3, -0.25) is 4.68 Å². The maximum Gasteiger partial charge on any atom is 0.191 e. The maximum atomic E-state index is 5.48. The summed E-state index contributed by atoms with van der Waals surface area (Å²) in [6, 6.07) is 16.1. The van der Waals surface area contributed by atoms with Crippen LogP contribution in [0.4, 0.5) is 0 Å². The van der Waals surface area contributed by atoms with Gasteiger partial charge in [-0.05, 0) is 54.3 Å². The van der Waals surface area contributed by atoms with E-state index >= 15 is 0 Å². The summed E-state index contributed by atoms with van der Waals surface area (Å²) in [7, 11) is 3.36. The summed E-state index contributed by atoms with van der Waals surface area (Å²) >= 11 is 0. The highest BCUT2D eigenvalue weighted by Gasteiger charge is 2.07. The van der Waals surface area contributed by atoms with Crippen molar-refractivity contribution in [2.45, 2.75) is 26.4 Å². The summed E-state index contributed by atoms with van der Waals surface area (Å²) in [4.78, 5) is 4.79. The van der Waals surface area contributed by atoms with E-state index in [0.717, 1.165) is 49.1 Å². The lowest BCUT2D eigenvalue weighted by Gasteiger charge is -2.14. The zero-order chi connectivity index (χ0) is 21.9. The second-order valence-corrected chi connectivity index (χ2v) is 7.02. The molecule has 3 aromatic rings. The number of ether oxygens (including phenoxy) is 2. The van der Waals surface area contributed by atoms with Crippen LogP contribution in [0.5, 0.6) is 11.5 Å². The number of nitrogens with one attached hydrogen (secondary N) is 2. The van der Waals surface area contributed by atoms with Gasteiger partial charge in [-0.2, -0.15) is 5.10 Å². The number of rotatable bonds is 10. The molecule has 0 radical (unpaired) electrons. The number of nitrogens with zero attached hydrogens (tertiary/aromatic N) is 3. The molecule has 0 amide bonds. The van der Waals surface area contributed by atoms with Gasteiger partial charge in [-0.1, -0.05) is 24.3 Å². The number of aliphatic imine (C=N–C) groups is 1. The molecule has 1 heterocycles. The van der Waals surface area contributed by atoms with Crippen LogP contribution >= 0.6 is 0 Å². The first-order valence-corrected chi connectivity index (χ1v) is 10.5. The quantitative estimate of drug-likeness (QED) is 0.388. The predicted octanol–water partition coefficient (Wildman–Crippen LogP) is 3.25. The Kier molecular flexibility index (Phi) is 8.34. The molecule has 0 saturated carbocycles. The maximum absolute atomic E-state index is 5.48. The molecule has 3 rings (SSSR count). The van der Waals surface area contributed by atoms with Gasteiger partial charge in [0.25, 0.3) is 0 Å². The Morgan fingerprint density at radius 3 is 2.55 bits per heavy atom. The highest BCUT2D eigenvalue weighted by Crippen LogP contribution is 2.24. The summed E-state index contributed by atoms with van der Waals surface area (Å²) in [5.41, 5.74) is 3.49. The zero-order valence-electron chi connectivity index (χ0n) is 18.5. The number of guanidine groups is 1. The van der Waals surface area contributed by atoms with Crippen LogP contribution in [0.15, 0.2) is 65.9 Å². The lowest BCUT2D eigenvalue weighted by Crippen LogP contribution is -2.38. The second-order valence-electron chi connectivity index (χ2n) is 7.02. The van der Waals surface area contributed by atoms with Crippen LogP contribution in [0.1, 0.15) is 23.6 Å². The standard InChI is InChI=1S/C24H31N5O2/c1-4-25-24(26-14-12-19-16-22(30-2)10-11-23(19)31-3)27-17-20-8-5-6-9-21(20)18-29-15-7-13-28-29/h5-11,13,15-16H,4,12,14,17-18H2,1-3H3,(H2,25,26,27).